The van der Waals surface area contributed by atoms with Crippen molar-refractivity contribution < 1.29 is 4.39 Å². The lowest BCUT2D eigenvalue weighted by Gasteiger charge is -2.31. The zero-order chi connectivity index (χ0) is 24.4. The zero-order valence-electron chi connectivity index (χ0n) is 18.9. The average Bonchev–Trinajstić information content (AvgIpc) is 3.27. The van der Waals surface area contributed by atoms with Crippen molar-refractivity contribution in [2.75, 3.05) is 0 Å². The molecule has 2 atom stereocenters. The summed E-state index contributed by atoms with van der Waals surface area (Å²) in [6, 6.07) is 14.4. The van der Waals surface area contributed by atoms with Crippen molar-refractivity contribution in [2.24, 2.45) is 10.7 Å². The second-order valence-corrected chi connectivity index (χ2v) is 8.58. The minimum absolute atomic E-state index is 0.0433. The lowest BCUT2D eigenvalue weighted by atomic mass is 9.83. The van der Waals surface area contributed by atoms with Gasteiger partial charge in [0.2, 0.25) is 0 Å². The Balaban J connectivity index is 1.68. The van der Waals surface area contributed by atoms with E-state index >= 15 is 0 Å². The van der Waals surface area contributed by atoms with Crippen LogP contribution in [0.5, 0.6) is 0 Å². The molecule has 0 saturated heterocycles. The summed E-state index contributed by atoms with van der Waals surface area (Å²) in [5, 5.41) is 17.0. The van der Waals surface area contributed by atoms with E-state index in [1.165, 1.54) is 18.3 Å². The average molecular weight is 467 g/mol. The highest BCUT2D eigenvalue weighted by Crippen LogP contribution is 2.42. The Kier molecular flexibility index (Phi) is 6.02. The summed E-state index contributed by atoms with van der Waals surface area (Å²) in [5.74, 6) is 0.632. The molecule has 8 nitrogen and oxygen atoms in total. The van der Waals surface area contributed by atoms with Crippen LogP contribution in [-0.2, 0) is 0 Å². The van der Waals surface area contributed by atoms with Crippen LogP contribution in [-0.4, -0.2) is 31.7 Å². The Morgan fingerprint density at radius 1 is 1.23 bits per heavy atom. The van der Waals surface area contributed by atoms with E-state index in [1.807, 2.05) is 24.3 Å². The Hall–Kier alpha value is -4.45. The molecule has 174 valence electrons. The third-order valence-corrected chi connectivity index (χ3v) is 6.50. The molecule has 3 N–H and O–H groups in total. The molecule has 1 saturated carbocycles. The van der Waals surface area contributed by atoms with E-state index in [0.717, 1.165) is 48.8 Å². The monoisotopic (exact) mass is 466 g/mol. The van der Waals surface area contributed by atoms with Gasteiger partial charge >= 0.3 is 0 Å². The molecule has 2 unspecified atom stereocenters. The van der Waals surface area contributed by atoms with E-state index in [0.29, 0.717) is 22.6 Å². The van der Waals surface area contributed by atoms with Crippen molar-refractivity contribution in [2.45, 2.75) is 37.6 Å². The number of hydrogen-bond donors (Lipinski definition) is 2. The molecule has 35 heavy (non-hydrogen) atoms. The summed E-state index contributed by atoms with van der Waals surface area (Å²) < 4.78 is 16.1. The van der Waals surface area contributed by atoms with Gasteiger partial charge in [0.1, 0.15) is 29.2 Å². The van der Waals surface area contributed by atoms with Gasteiger partial charge in [0.05, 0.1) is 23.3 Å². The molecular formula is C26H23FN8. The Morgan fingerprint density at radius 2 is 2.09 bits per heavy atom. The molecule has 0 radical (unpaired) electrons. The maximum Gasteiger partial charge on any atom is 0.151 e. The quantitative estimate of drug-likeness (QED) is 0.325. The Labute approximate surface area is 201 Å². The number of fused-ring (bicyclic) bond motifs is 1. The largest absolute Gasteiger partial charge is 0.382 e. The van der Waals surface area contributed by atoms with Crippen molar-refractivity contribution in [1.82, 2.24) is 19.5 Å². The number of imidazole rings is 1. The van der Waals surface area contributed by atoms with Gasteiger partial charge in [-0.05, 0) is 49.6 Å². The van der Waals surface area contributed by atoms with Gasteiger partial charge in [-0.25, -0.2) is 14.4 Å². The first-order valence-corrected chi connectivity index (χ1v) is 11.4. The summed E-state index contributed by atoms with van der Waals surface area (Å²) in [4.78, 5) is 17.5. The molecule has 1 fully saturated rings. The third-order valence-electron chi connectivity index (χ3n) is 6.50. The summed E-state index contributed by atoms with van der Waals surface area (Å²) in [6.07, 6.45) is 7.56. The fourth-order valence-corrected chi connectivity index (χ4v) is 4.92. The molecule has 0 amide bonds. The number of nitrogens with one attached hydrogen (secondary N) is 1. The number of pyridine rings is 2. The molecule has 0 aliphatic heterocycles. The van der Waals surface area contributed by atoms with Gasteiger partial charge in [0.15, 0.2) is 5.84 Å². The molecule has 4 aromatic rings. The molecule has 1 aliphatic rings. The van der Waals surface area contributed by atoms with Crippen molar-refractivity contribution in [3.63, 3.8) is 0 Å². The van der Waals surface area contributed by atoms with Crippen LogP contribution in [0.25, 0.3) is 22.4 Å². The predicted octanol–water partition coefficient (Wildman–Crippen LogP) is 4.72. The van der Waals surface area contributed by atoms with Crippen LogP contribution < -0.4 is 5.73 Å². The van der Waals surface area contributed by atoms with E-state index in [9.17, 15) is 9.65 Å². The van der Waals surface area contributed by atoms with E-state index in [1.54, 1.807) is 12.3 Å². The van der Waals surface area contributed by atoms with Gasteiger partial charge in [-0.3, -0.25) is 15.4 Å². The van der Waals surface area contributed by atoms with Gasteiger partial charge in [-0.2, -0.15) is 5.26 Å². The highest BCUT2D eigenvalue weighted by molar-refractivity contribution is 6.01. The summed E-state index contributed by atoms with van der Waals surface area (Å²) in [5.41, 5.74) is 9.97. The van der Waals surface area contributed by atoms with Crippen LogP contribution in [0.4, 0.5) is 4.39 Å². The number of hydrogen-bond acceptors (Lipinski definition) is 5. The number of aliphatic imine (C=N–C) groups is 1. The topological polar surface area (TPSA) is 130 Å². The number of nitrogens with two attached hydrogens (primary N) is 1. The van der Waals surface area contributed by atoms with Crippen LogP contribution in [0, 0.1) is 22.6 Å². The molecule has 3 aromatic heterocycles. The van der Waals surface area contributed by atoms with Crippen LogP contribution in [0.15, 0.2) is 59.9 Å². The standard InChI is InChI=1S/C26H23FN8/c27-18-8-9-31-21(11-18)16-5-3-6-19(10-16)35-24-12-22(25(30)33-15-29)32-14-23(24)34-26(35)20-7-2-1-4-17(20)13-28/h1-2,4,7-9,11-12,14-16,19H,3,5-6,10H2,(H3,29,30,33). The van der Waals surface area contributed by atoms with Crippen molar-refractivity contribution in [1.29, 1.82) is 10.7 Å². The number of benzene rings is 1. The minimum Gasteiger partial charge on any atom is -0.382 e. The molecule has 1 aliphatic carbocycles. The second-order valence-electron chi connectivity index (χ2n) is 8.58. The third kappa shape index (κ3) is 4.26. The highest BCUT2D eigenvalue weighted by atomic mass is 19.1. The Morgan fingerprint density at radius 3 is 2.89 bits per heavy atom. The SMILES string of the molecule is N#Cc1ccccc1-c1nc2cnc(C(N)=NC=N)cc2n1C1CCCC(c2cc(F)ccn2)C1. The number of halogens is 1. The number of rotatable bonds is 5. The van der Waals surface area contributed by atoms with E-state index in [2.05, 4.69) is 25.6 Å². The van der Waals surface area contributed by atoms with Crippen molar-refractivity contribution in [3.8, 4) is 17.5 Å². The van der Waals surface area contributed by atoms with E-state index in [4.69, 9.17) is 16.1 Å². The molecular weight excluding hydrogens is 443 g/mol. The van der Waals surface area contributed by atoms with Gasteiger partial charge in [0.25, 0.3) is 0 Å². The molecule has 3 heterocycles. The van der Waals surface area contributed by atoms with E-state index < -0.39 is 0 Å². The molecule has 5 rings (SSSR count). The number of amidine groups is 1. The fourth-order valence-electron chi connectivity index (χ4n) is 4.92. The summed E-state index contributed by atoms with van der Waals surface area (Å²) >= 11 is 0. The van der Waals surface area contributed by atoms with Gasteiger partial charge in [-0.15, -0.1) is 0 Å². The first-order chi connectivity index (χ1) is 17.1. The van der Waals surface area contributed by atoms with Crippen LogP contribution >= 0.6 is 0 Å². The van der Waals surface area contributed by atoms with Crippen LogP contribution in [0.3, 0.4) is 0 Å². The van der Waals surface area contributed by atoms with Gasteiger partial charge in [-0.1, -0.05) is 18.6 Å². The zero-order valence-corrected chi connectivity index (χ0v) is 18.9. The highest BCUT2D eigenvalue weighted by Gasteiger charge is 2.29. The molecule has 1 aromatic carbocycles. The number of nitriles is 1. The summed E-state index contributed by atoms with van der Waals surface area (Å²) in [6.45, 7) is 0. The fraction of sp³-hybridized carbons (Fsp3) is 0.231. The van der Waals surface area contributed by atoms with E-state index in [-0.39, 0.29) is 23.6 Å². The second kappa shape index (κ2) is 9.43. The van der Waals surface area contributed by atoms with Gasteiger partial charge in [0, 0.05) is 29.4 Å². The first-order valence-electron chi connectivity index (χ1n) is 11.4. The number of aromatic nitrogens is 4. The van der Waals surface area contributed by atoms with Gasteiger partial charge < -0.3 is 10.3 Å². The molecule has 0 bridgehead atoms. The van der Waals surface area contributed by atoms with Crippen LogP contribution in [0.1, 0.15) is 54.6 Å². The minimum atomic E-state index is -0.287. The smallest absolute Gasteiger partial charge is 0.151 e. The molecule has 9 heteroatoms. The lowest BCUT2D eigenvalue weighted by molar-refractivity contribution is 0.322. The summed E-state index contributed by atoms with van der Waals surface area (Å²) in [7, 11) is 0. The first kappa shape index (κ1) is 22.3. The van der Waals surface area contributed by atoms with Crippen LogP contribution in [0.2, 0.25) is 0 Å². The maximum atomic E-state index is 13.9. The number of nitrogens with zero attached hydrogens (tertiary/aromatic N) is 6. The predicted molar refractivity (Wildman–Crippen MR) is 132 cm³/mol. The van der Waals surface area contributed by atoms with Crippen molar-refractivity contribution in [3.05, 3.63) is 77.6 Å². The van der Waals surface area contributed by atoms with Crippen molar-refractivity contribution >= 4 is 23.2 Å². The lowest BCUT2D eigenvalue weighted by Crippen LogP contribution is -2.20. The Bertz CT molecular complexity index is 1480. The normalized spacial score (nSPS) is 18.3. The molecule has 0 spiro atoms. The maximum absolute atomic E-state index is 13.9.